The van der Waals surface area contributed by atoms with Gasteiger partial charge in [-0.25, -0.2) is 0 Å². The topological polar surface area (TPSA) is 52.1 Å². The Morgan fingerprint density at radius 2 is 1.93 bits per heavy atom. The summed E-state index contributed by atoms with van der Waals surface area (Å²) in [4.78, 5) is 11.1. The number of thiophene rings is 1. The zero-order chi connectivity index (χ0) is 20.9. The van der Waals surface area contributed by atoms with Crippen LogP contribution in [0.1, 0.15) is 51.5 Å². The van der Waals surface area contributed by atoms with Crippen LogP contribution in [0.4, 0.5) is 0 Å². The van der Waals surface area contributed by atoms with Gasteiger partial charge < -0.3 is 15.4 Å². The Labute approximate surface area is 180 Å². The maximum Gasteiger partial charge on any atom is 0.191 e. The molecule has 164 valence electrons. The quantitative estimate of drug-likeness (QED) is 0.524. The van der Waals surface area contributed by atoms with Gasteiger partial charge in [0.1, 0.15) is 0 Å². The number of rotatable bonds is 7. The van der Waals surface area contributed by atoms with Gasteiger partial charge in [-0.3, -0.25) is 14.8 Å². The monoisotopic (exact) mass is 421 g/mol. The summed E-state index contributed by atoms with van der Waals surface area (Å²) in [5.41, 5.74) is 0.0338. The van der Waals surface area contributed by atoms with Crippen molar-refractivity contribution in [2.24, 2.45) is 4.99 Å². The Balaban J connectivity index is 1.54. The second-order valence-electron chi connectivity index (χ2n) is 9.06. The van der Waals surface area contributed by atoms with Crippen LogP contribution < -0.4 is 10.6 Å². The van der Waals surface area contributed by atoms with E-state index in [1.54, 1.807) is 0 Å². The predicted molar refractivity (Wildman–Crippen MR) is 123 cm³/mol. The van der Waals surface area contributed by atoms with Crippen LogP contribution in [0.15, 0.2) is 22.5 Å². The molecule has 0 saturated carbocycles. The van der Waals surface area contributed by atoms with Crippen molar-refractivity contribution in [3.05, 3.63) is 22.4 Å². The van der Waals surface area contributed by atoms with Gasteiger partial charge in [-0.05, 0) is 65.1 Å². The van der Waals surface area contributed by atoms with Crippen LogP contribution in [0, 0.1) is 0 Å². The third-order valence-corrected chi connectivity index (χ3v) is 7.08. The Morgan fingerprint density at radius 3 is 2.52 bits per heavy atom. The molecule has 0 aromatic carbocycles. The molecule has 1 aromatic heterocycles. The minimum atomic E-state index is 0.0338. The summed E-state index contributed by atoms with van der Waals surface area (Å²) in [6.07, 6.45) is 3.17. The summed E-state index contributed by atoms with van der Waals surface area (Å²) < 4.78 is 5.91. The van der Waals surface area contributed by atoms with Gasteiger partial charge in [0.25, 0.3) is 0 Å². The third-order valence-electron chi connectivity index (χ3n) is 6.10. The number of morpholine rings is 1. The van der Waals surface area contributed by atoms with E-state index in [0.717, 1.165) is 32.1 Å². The smallest absolute Gasteiger partial charge is 0.191 e. The number of guanidine groups is 1. The Bertz CT molecular complexity index is 632. The van der Waals surface area contributed by atoms with Crippen LogP contribution in [0.2, 0.25) is 0 Å². The normalized spacial score (nSPS) is 25.9. The molecule has 2 saturated heterocycles. The molecule has 2 aliphatic heterocycles. The van der Waals surface area contributed by atoms with E-state index >= 15 is 0 Å². The molecule has 0 amide bonds. The molecule has 0 aliphatic carbocycles. The molecule has 2 N–H and O–H groups in total. The molecule has 3 atom stereocenters. The molecular formula is C22H39N5OS. The molecular weight excluding hydrogens is 382 g/mol. The van der Waals surface area contributed by atoms with E-state index in [1.807, 2.05) is 18.4 Å². The highest BCUT2D eigenvalue weighted by atomic mass is 32.1. The molecule has 3 unspecified atom stereocenters. The number of hydrogen-bond acceptors (Lipinski definition) is 5. The number of nitrogens with zero attached hydrogens (tertiary/aromatic N) is 3. The first kappa shape index (κ1) is 22.5. The van der Waals surface area contributed by atoms with Crippen molar-refractivity contribution in [3.63, 3.8) is 0 Å². The van der Waals surface area contributed by atoms with E-state index in [1.165, 1.54) is 30.8 Å². The second-order valence-corrected chi connectivity index (χ2v) is 10.0. The van der Waals surface area contributed by atoms with Crippen molar-refractivity contribution in [3.8, 4) is 0 Å². The Hall–Kier alpha value is -1.15. The number of ether oxygens (including phenoxy) is 1. The van der Waals surface area contributed by atoms with Crippen LogP contribution in [-0.2, 0) is 4.74 Å². The fraction of sp³-hybridized carbons (Fsp3) is 0.773. The van der Waals surface area contributed by atoms with E-state index in [0.29, 0.717) is 6.04 Å². The van der Waals surface area contributed by atoms with E-state index < -0.39 is 0 Å². The first-order valence-electron chi connectivity index (χ1n) is 11.0. The van der Waals surface area contributed by atoms with Crippen LogP contribution in [0.3, 0.4) is 0 Å². The molecule has 6 nitrogen and oxygen atoms in total. The zero-order valence-electron chi connectivity index (χ0n) is 18.8. The lowest BCUT2D eigenvalue weighted by Gasteiger charge is -2.45. The summed E-state index contributed by atoms with van der Waals surface area (Å²) in [7, 11) is 1.86. The first-order valence-corrected chi connectivity index (χ1v) is 11.9. The summed E-state index contributed by atoms with van der Waals surface area (Å²) >= 11 is 1.85. The van der Waals surface area contributed by atoms with Crippen LogP contribution >= 0.6 is 11.3 Å². The van der Waals surface area contributed by atoms with Gasteiger partial charge in [-0.2, -0.15) is 0 Å². The lowest BCUT2D eigenvalue weighted by Crippen LogP contribution is -2.59. The van der Waals surface area contributed by atoms with E-state index in [2.05, 4.69) is 70.6 Å². The summed E-state index contributed by atoms with van der Waals surface area (Å²) in [5.74, 6) is 0.883. The highest BCUT2D eigenvalue weighted by molar-refractivity contribution is 7.10. The molecule has 0 spiro atoms. The molecule has 2 aliphatic rings. The van der Waals surface area contributed by atoms with Crippen molar-refractivity contribution in [2.75, 3.05) is 46.3 Å². The van der Waals surface area contributed by atoms with Crippen molar-refractivity contribution in [1.82, 2.24) is 20.4 Å². The van der Waals surface area contributed by atoms with Gasteiger partial charge in [0, 0.05) is 43.6 Å². The molecule has 3 heterocycles. The fourth-order valence-electron chi connectivity index (χ4n) is 4.44. The molecule has 2 fully saturated rings. The largest absolute Gasteiger partial charge is 0.373 e. The van der Waals surface area contributed by atoms with Gasteiger partial charge in [0.05, 0.1) is 18.2 Å². The Kier molecular flexibility index (Phi) is 7.96. The second kappa shape index (κ2) is 10.2. The fourth-order valence-corrected chi connectivity index (χ4v) is 5.30. The van der Waals surface area contributed by atoms with Gasteiger partial charge in [0.2, 0.25) is 0 Å². The minimum absolute atomic E-state index is 0.0338. The van der Waals surface area contributed by atoms with E-state index in [-0.39, 0.29) is 17.7 Å². The minimum Gasteiger partial charge on any atom is -0.373 e. The van der Waals surface area contributed by atoms with Gasteiger partial charge >= 0.3 is 0 Å². The average Bonchev–Trinajstić information content (AvgIpc) is 3.38. The van der Waals surface area contributed by atoms with Gasteiger partial charge in [0.15, 0.2) is 5.96 Å². The molecule has 1 aromatic rings. The highest BCUT2D eigenvalue weighted by Crippen LogP contribution is 2.27. The summed E-state index contributed by atoms with van der Waals surface area (Å²) in [5, 5.41) is 9.34. The zero-order valence-corrected chi connectivity index (χ0v) is 19.6. The van der Waals surface area contributed by atoms with Gasteiger partial charge in [-0.1, -0.05) is 6.07 Å². The molecule has 0 bridgehead atoms. The maximum atomic E-state index is 5.91. The number of likely N-dealkylation sites (tertiary alicyclic amines) is 1. The van der Waals surface area contributed by atoms with Crippen molar-refractivity contribution < 1.29 is 4.74 Å². The highest BCUT2D eigenvalue weighted by Gasteiger charge is 2.33. The third kappa shape index (κ3) is 6.17. The number of nitrogens with one attached hydrogen (secondary N) is 2. The van der Waals surface area contributed by atoms with Crippen LogP contribution in [0.5, 0.6) is 0 Å². The lowest BCUT2D eigenvalue weighted by molar-refractivity contribution is -0.0946. The lowest BCUT2D eigenvalue weighted by atomic mass is 10.00. The maximum absolute atomic E-state index is 5.91. The predicted octanol–water partition coefficient (Wildman–Crippen LogP) is 2.94. The van der Waals surface area contributed by atoms with Crippen molar-refractivity contribution in [1.29, 1.82) is 0 Å². The van der Waals surface area contributed by atoms with Crippen molar-refractivity contribution in [2.45, 2.75) is 64.3 Å². The average molecular weight is 422 g/mol. The number of aliphatic imine (C=N–C) groups is 1. The van der Waals surface area contributed by atoms with E-state index in [4.69, 9.17) is 4.74 Å². The summed E-state index contributed by atoms with van der Waals surface area (Å²) in [6, 6.07) is 4.84. The standard InChI is InChI=1S/C22H39N5OS/c1-17-14-27(15-18(2)28-17)22(3,4)16-25-21(23-5)24-13-19(20-9-8-12-29-20)26-10-6-7-11-26/h8-9,12,17-19H,6-7,10-11,13-16H2,1-5H3,(H2,23,24,25). The molecule has 7 heteroatoms. The van der Waals surface area contributed by atoms with Crippen LogP contribution in [-0.4, -0.2) is 79.8 Å². The SMILES string of the molecule is CN=C(NCC(c1cccs1)N1CCCC1)NCC(C)(C)N1CC(C)OC(C)C1. The molecule has 3 rings (SSSR count). The molecule has 29 heavy (non-hydrogen) atoms. The van der Waals surface area contributed by atoms with Crippen LogP contribution in [0.25, 0.3) is 0 Å². The van der Waals surface area contributed by atoms with Crippen molar-refractivity contribution >= 4 is 17.3 Å². The van der Waals surface area contributed by atoms with E-state index in [9.17, 15) is 0 Å². The summed E-state index contributed by atoms with van der Waals surface area (Å²) in [6.45, 7) is 15.0. The molecule has 0 radical (unpaired) electrons. The number of hydrogen-bond donors (Lipinski definition) is 2. The van der Waals surface area contributed by atoms with Gasteiger partial charge in [-0.15, -0.1) is 11.3 Å². The Morgan fingerprint density at radius 1 is 1.24 bits per heavy atom. The first-order chi connectivity index (χ1) is 13.9.